The van der Waals surface area contributed by atoms with E-state index in [9.17, 15) is 0 Å². The van der Waals surface area contributed by atoms with E-state index in [2.05, 4.69) is 34.8 Å². The van der Waals surface area contributed by atoms with Gasteiger partial charge in [0.2, 0.25) is 0 Å². The molecule has 0 saturated heterocycles. The van der Waals surface area contributed by atoms with Crippen LogP contribution in [0.4, 0.5) is 5.82 Å². The van der Waals surface area contributed by atoms with E-state index in [4.69, 9.17) is 5.73 Å². The van der Waals surface area contributed by atoms with Crippen LogP contribution in [0.3, 0.4) is 0 Å². The van der Waals surface area contributed by atoms with Crippen LogP contribution in [0, 0.1) is 6.92 Å². The smallest absolute Gasteiger partial charge is 0.132 e. The third-order valence-corrected chi connectivity index (χ3v) is 4.06. The highest BCUT2D eigenvalue weighted by Crippen LogP contribution is 2.26. The van der Waals surface area contributed by atoms with Crippen molar-refractivity contribution >= 4 is 5.82 Å². The summed E-state index contributed by atoms with van der Waals surface area (Å²) in [4.78, 5) is 11.5. The van der Waals surface area contributed by atoms with Crippen LogP contribution in [0.25, 0.3) is 0 Å². The third-order valence-electron chi connectivity index (χ3n) is 4.06. The van der Waals surface area contributed by atoms with Gasteiger partial charge in [0.05, 0.1) is 0 Å². The lowest BCUT2D eigenvalue weighted by Gasteiger charge is -2.36. The monoisotopic (exact) mass is 262 g/mol. The van der Waals surface area contributed by atoms with Crippen molar-refractivity contribution in [3.8, 4) is 0 Å². The molecule has 2 rings (SSSR count). The minimum absolute atomic E-state index is 0.397. The molecule has 0 atom stereocenters. The summed E-state index contributed by atoms with van der Waals surface area (Å²) in [5.41, 5.74) is 7.14. The maximum absolute atomic E-state index is 6.00. The molecule has 0 aromatic carbocycles. The fraction of sp³-hybridized carbons (Fsp3) is 0.733. The van der Waals surface area contributed by atoms with Crippen LogP contribution in [0.2, 0.25) is 0 Å². The molecule has 0 bridgehead atoms. The normalized spacial score (nSPS) is 23.4. The summed E-state index contributed by atoms with van der Waals surface area (Å²) in [5, 5.41) is 0. The van der Waals surface area contributed by atoms with Crippen LogP contribution in [0.5, 0.6) is 0 Å². The number of anilines is 1. The zero-order valence-electron chi connectivity index (χ0n) is 12.4. The van der Waals surface area contributed by atoms with E-state index in [-0.39, 0.29) is 0 Å². The van der Waals surface area contributed by atoms with Crippen molar-refractivity contribution in [1.29, 1.82) is 0 Å². The Morgan fingerprint density at radius 3 is 2.47 bits per heavy atom. The van der Waals surface area contributed by atoms with E-state index in [1.165, 1.54) is 12.8 Å². The first-order valence-corrected chi connectivity index (χ1v) is 7.50. The molecule has 0 amide bonds. The van der Waals surface area contributed by atoms with E-state index in [0.29, 0.717) is 12.1 Å². The van der Waals surface area contributed by atoms with Crippen molar-refractivity contribution in [3.05, 3.63) is 17.6 Å². The average Bonchev–Trinajstić information content (AvgIpc) is 2.41. The predicted octanol–water partition coefficient (Wildman–Crippen LogP) is 2.44. The summed E-state index contributed by atoms with van der Waals surface area (Å²) < 4.78 is 0. The maximum Gasteiger partial charge on any atom is 0.132 e. The second kappa shape index (κ2) is 6.33. The number of nitrogens with zero attached hydrogens (tertiary/aromatic N) is 3. The fourth-order valence-corrected chi connectivity index (χ4v) is 2.96. The summed E-state index contributed by atoms with van der Waals surface area (Å²) in [6.45, 7) is 7.33. The lowest BCUT2D eigenvalue weighted by Crippen LogP contribution is -2.41. The van der Waals surface area contributed by atoms with Gasteiger partial charge >= 0.3 is 0 Å². The Hall–Kier alpha value is -1.16. The third kappa shape index (κ3) is 3.44. The van der Waals surface area contributed by atoms with Gasteiger partial charge in [0, 0.05) is 30.4 Å². The number of aromatic nitrogens is 2. The highest BCUT2D eigenvalue weighted by Gasteiger charge is 2.24. The van der Waals surface area contributed by atoms with Gasteiger partial charge in [-0.05, 0) is 46.0 Å². The molecule has 1 saturated carbocycles. The van der Waals surface area contributed by atoms with Crippen LogP contribution >= 0.6 is 0 Å². The van der Waals surface area contributed by atoms with Crippen molar-refractivity contribution in [2.45, 2.75) is 65.0 Å². The summed E-state index contributed by atoms with van der Waals surface area (Å²) in [5.74, 6) is 1.97. The molecule has 1 aliphatic carbocycles. The van der Waals surface area contributed by atoms with Crippen molar-refractivity contribution in [2.24, 2.45) is 5.73 Å². The topological polar surface area (TPSA) is 55.0 Å². The van der Waals surface area contributed by atoms with E-state index < -0.39 is 0 Å². The van der Waals surface area contributed by atoms with Crippen LogP contribution in [0.15, 0.2) is 6.07 Å². The Morgan fingerprint density at radius 2 is 1.89 bits per heavy atom. The summed E-state index contributed by atoms with van der Waals surface area (Å²) in [6, 6.07) is 3.13. The fourth-order valence-electron chi connectivity index (χ4n) is 2.96. The largest absolute Gasteiger partial charge is 0.354 e. The minimum Gasteiger partial charge on any atom is -0.354 e. The molecule has 4 heteroatoms. The van der Waals surface area contributed by atoms with Gasteiger partial charge in [-0.2, -0.15) is 0 Å². The number of hydrogen-bond donors (Lipinski definition) is 1. The standard InChI is InChI=1S/C15H26N4/c1-4-13-10-15(18-11(3)17-13)19(5-2)14-8-6-12(16)7-9-14/h10,12,14H,4-9,16H2,1-3H3. The highest BCUT2D eigenvalue weighted by molar-refractivity contribution is 5.41. The summed E-state index contributed by atoms with van der Waals surface area (Å²) >= 11 is 0. The van der Waals surface area contributed by atoms with Crippen LogP contribution in [0.1, 0.15) is 51.0 Å². The molecule has 1 heterocycles. The Morgan fingerprint density at radius 1 is 1.21 bits per heavy atom. The van der Waals surface area contributed by atoms with E-state index >= 15 is 0 Å². The van der Waals surface area contributed by atoms with Gasteiger partial charge in [0.15, 0.2) is 0 Å². The molecule has 1 aromatic rings. The Bertz CT molecular complexity index is 411. The van der Waals surface area contributed by atoms with Gasteiger partial charge in [-0.3, -0.25) is 0 Å². The summed E-state index contributed by atoms with van der Waals surface area (Å²) in [7, 11) is 0. The van der Waals surface area contributed by atoms with Gasteiger partial charge in [-0.1, -0.05) is 6.92 Å². The molecular weight excluding hydrogens is 236 g/mol. The van der Waals surface area contributed by atoms with Crippen molar-refractivity contribution in [1.82, 2.24) is 9.97 Å². The Labute approximate surface area is 116 Å². The van der Waals surface area contributed by atoms with E-state index in [1.807, 2.05) is 6.92 Å². The molecule has 1 aromatic heterocycles. The van der Waals surface area contributed by atoms with Gasteiger partial charge in [-0.25, -0.2) is 9.97 Å². The Kier molecular flexibility index (Phi) is 4.75. The molecule has 0 radical (unpaired) electrons. The van der Waals surface area contributed by atoms with Gasteiger partial charge in [0.1, 0.15) is 11.6 Å². The zero-order chi connectivity index (χ0) is 13.8. The predicted molar refractivity (Wildman–Crippen MR) is 79.4 cm³/mol. The second-order valence-electron chi connectivity index (χ2n) is 5.47. The van der Waals surface area contributed by atoms with Crippen molar-refractivity contribution < 1.29 is 0 Å². The minimum atomic E-state index is 0.397. The molecule has 1 fully saturated rings. The first-order valence-electron chi connectivity index (χ1n) is 7.50. The van der Waals surface area contributed by atoms with Crippen molar-refractivity contribution in [2.75, 3.05) is 11.4 Å². The number of nitrogens with two attached hydrogens (primary N) is 1. The molecule has 0 unspecified atom stereocenters. The molecule has 19 heavy (non-hydrogen) atoms. The lowest BCUT2D eigenvalue weighted by atomic mass is 9.90. The van der Waals surface area contributed by atoms with Crippen LogP contribution in [-0.2, 0) is 6.42 Å². The number of hydrogen-bond acceptors (Lipinski definition) is 4. The Balaban J connectivity index is 2.19. The van der Waals surface area contributed by atoms with Crippen LogP contribution in [-0.4, -0.2) is 28.6 Å². The van der Waals surface area contributed by atoms with E-state index in [0.717, 1.165) is 43.1 Å². The highest BCUT2D eigenvalue weighted by atomic mass is 15.2. The molecule has 1 aliphatic rings. The molecule has 0 spiro atoms. The first kappa shape index (κ1) is 14.3. The SMILES string of the molecule is CCc1cc(N(CC)C2CCC(N)CC2)nc(C)n1. The zero-order valence-corrected chi connectivity index (χ0v) is 12.4. The molecule has 2 N–H and O–H groups in total. The lowest BCUT2D eigenvalue weighted by molar-refractivity contribution is 0.376. The molecule has 106 valence electrons. The van der Waals surface area contributed by atoms with Crippen LogP contribution < -0.4 is 10.6 Å². The summed E-state index contributed by atoms with van der Waals surface area (Å²) in [6.07, 6.45) is 5.58. The molecule has 4 nitrogen and oxygen atoms in total. The van der Waals surface area contributed by atoms with Gasteiger partial charge in [0.25, 0.3) is 0 Å². The molecular formula is C15H26N4. The average molecular weight is 262 g/mol. The van der Waals surface area contributed by atoms with Gasteiger partial charge in [-0.15, -0.1) is 0 Å². The first-order chi connectivity index (χ1) is 9.13. The van der Waals surface area contributed by atoms with Gasteiger partial charge < -0.3 is 10.6 Å². The number of aryl methyl sites for hydroxylation is 2. The maximum atomic E-state index is 6.00. The van der Waals surface area contributed by atoms with Crippen molar-refractivity contribution in [3.63, 3.8) is 0 Å². The quantitative estimate of drug-likeness (QED) is 0.905. The number of rotatable bonds is 4. The second-order valence-corrected chi connectivity index (χ2v) is 5.47. The molecule has 0 aliphatic heterocycles. The van der Waals surface area contributed by atoms with E-state index in [1.54, 1.807) is 0 Å².